The summed E-state index contributed by atoms with van der Waals surface area (Å²) < 4.78 is 5.20. The molecule has 0 spiro atoms. The number of rotatable bonds is 8. The number of alkyl carbamates (subject to hydrolysis) is 1. The normalized spacial score (nSPS) is 13.2. The van der Waals surface area contributed by atoms with Crippen LogP contribution in [-0.2, 0) is 4.74 Å². The number of amides is 1. The molecule has 0 bridgehead atoms. The van der Waals surface area contributed by atoms with E-state index in [2.05, 4.69) is 64.2 Å². The van der Waals surface area contributed by atoms with Crippen molar-refractivity contribution in [2.75, 3.05) is 40.8 Å². The number of carbonyl (C=O) groups excluding carboxylic acids is 1. The first-order chi connectivity index (χ1) is 12.7. The van der Waals surface area contributed by atoms with E-state index in [9.17, 15) is 4.79 Å². The number of aliphatic imine (C=N–C) groups is 1. The van der Waals surface area contributed by atoms with Gasteiger partial charge >= 0.3 is 6.09 Å². The largest absolute Gasteiger partial charge is 0.444 e. The maximum absolute atomic E-state index is 11.6. The number of benzene rings is 1. The van der Waals surface area contributed by atoms with Crippen molar-refractivity contribution in [3.05, 3.63) is 35.9 Å². The third kappa shape index (κ3) is 9.84. The minimum atomic E-state index is -0.476. The van der Waals surface area contributed by atoms with E-state index in [0.717, 1.165) is 18.9 Å². The lowest BCUT2D eigenvalue weighted by atomic mass is 10.1. The standard InChI is InChI=1S/C20H35N5O2/c1-20(2,3)27-19(26)23-14-10-13-22-18(21-4)24-15-17(25(5)6)16-11-8-7-9-12-16/h7-9,11-12,17H,10,13-15H2,1-6H3,(H,23,26)(H2,21,22,24). The molecule has 7 heteroatoms. The van der Waals surface area contributed by atoms with Crippen molar-refractivity contribution in [2.24, 2.45) is 4.99 Å². The van der Waals surface area contributed by atoms with Gasteiger partial charge in [-0.05, 0) is 46.9 Å². The first-order valence-electron chi connectivity index (χ1n) is 9.35. The van der Waals surface area contributed by atoms with E-state index in [1.54, 1.807) is 7.05 Å². The molecule has 0 radical (unpaired) electrons. The van der Waals surface area contributed by atoms with Crippen molar-refractivity contribution in [1.29, 1.82) is 0 Å². The van der Waals surface area contributed by atoms with Crippen molar-refractivity contribution in [3.63, 3.8) is 0 Å². The Balaban J connectivity index is 2.33. The number of ether oxygens (including phenoxy) is 1. The van der Waals surface area contributed by atoms with Crippen molar-refractivity contribution < 1.29 is 9.53 Å². The summed E-state index contributed by atoms with van der Waals surface area (Å²) >= 11 is 0. The van der Waals surface area contributed by atoms with E-state index in [0.29, 0.717) is 13.1 Å². The number of likely N-dealkylation sites (N-methyl/N-ethyl adjacent to an activating group) is 1. The van der Waals surface area contributed by atoms with Gasteiger partial charge in [-0.1, -0.05) is 30.3 Å². The molecule has 0 aliphatic heterocycles. The molecule has 0 saturated carbocycles. The van der Waals surface area contributed by atoms with Gasteiger partial charge in [0.15, 0.2) is 5.96 Å². The number of nitrogens with zero attached hydrogens (tertiary/aromatic N) is 2. The molecule has 27 heavy (non-hydrogen) atoms. The molecule has 3 N–H and O–H groups in total. The zero-order valence-corrected chi connectivity index (χ0v) is 17.5. The molecule has 1 atom stereocenters. The van der Waals surface area contributed by atoms with Crippen LogP contribution in [0.2, 0.25) is 0 Å². The summed E-state index contributed by atoms with van der Waals surface area (Å²) in [7, 11) is 5.89. The van der Waals surface area contributed by atoms with Gasteiger partial charge in [-0.3, -0.25) is 4.99 Å². The first-order valence-corrected chi connectivity index (χ1v) is 9.35. The molecule has 1 rings (SSSR count). The van der Waals surface area contributed by atoms with E-state index in [-0.39, 0.29) is 12.1 Å². The Morgan fingerprint density at radius 3 is 2.30 bits per heavy atom. The summed E-state index contributed by atoms with van der Waals surface area (Å²) in [6, 6.07) is 10.6. The molecule has 0 aliphatic rings. The van der Waals surface area contributed by atoms with Gasteiger partial charge < -0.3 is 25.6 Å². The molecule has 1 aromatic carbocycles. The number of guanidine groups is 1. The van der Waals surface area contributed by atoms with Gasteiger partial charge in [0.2, 0.25) is 0 Å². The summed E-state index contributed by atoms with van der Waals surface area (Å²) in [6.07, 6.45) is 0.386. The molecule has 7 nitrogen and oxygen atoms in total. The molecule has 0 aliphatic carbocycles. The lowest BCUT2D eigenvalue weighted by Crippen LogP contribution is -2.42. The summed E-state index contributed by atoms with van der Waals surface area (Å²) in [6.45, 7) is 7.53. The Morgan fingerprint density at radius 1 is 1.11 bits per heavy atom. The topological polar surface area (TPSA) is 78.0 Å². The summed E-state index contributed by atoms with van der Waals surface area (Å²) in [4.78, 5) is 18.0. The minimum absolute atomic E-state index is 0.249. The predicted octanol–water partition coefficient (Wildman–Crippen LogP) is 2.37. The molecular formula is C20H35N5O2. The number of hydrogen-bond acceptors (Lipinski definition) is 4. The fraction of sp³-hybridized carbons (Fsp3) is 0.600. The van der Waals surface area contributed by atoms with Crippen molar-refractivity contribution in [1.82, 2.24) is 20.9 Å². The SMILES string of the molecule is CN=C(NCCCNC(=O)OC(C)(C)C)NCC(c1ccccc1)N(C)C. The molecule has 1 amide bonds. The van der Waals surface area contributed by atoms with Crippen LogP contribution in [0.4, 0.5) is 4.79 Å². The van der Waals surface area contributed by atoms with Gasteiger partial charge in [0, 0.05) is 26.7 Å². The molecule has 152 valence electrons. The quantitative estimate of drug-likeness (QED) is 0.368. The average Bonchev–Trinajstić information content (AvgIpc) is 2.59. The van der Waals surface area contributed by atoms with Crippen LogP contribution >= 0.6 is 0 Å². The number of carbonyl (C=O) groups is 1. The van der Waals surface area contributed by atoms with Crippen LogP contribution in [0.15, 0.2) is 35.3 Å². The second-order valence-electron chi connectivity index (χ2n) is 7.55. The van der Waals surface area contributed by atoms with E-state index >= 15 is 0 Å². The molecule has 0 fully saturated rings. The summed E-state index contributed by atoms with van der Waals surface area (Å²) in [5.74, 6) is 0.745. The Labute approximate surface area is 163 Å². The maximum atomic E-state index is 11.6. The molecular weight excluding hydrogens is 342 g/mol. The van der Waals surface area contributed by atoms with Crippen LogP contribution in [0.3, 0.4) is 0 Å². The number of nitrogens with one attached hydrogen (secondary N) is 3. The van der Waals surface area contributed by atoms with Gasteiger partial charge in [-0.25, -0.2) is 4.79 Å². The molecule has 1 unspecified atom stereocenters. The van der Waals surface area contributed by atoms with Gasteiger partial charge in [0.1, 0.15) is 5.60 Å². The summed E-state index contributed by atoms with van der Waals surface area (Å²) in [5, 5.41) is 9.38. The van der Waals surface area contributed by atoms with Gasteiger partial charge in [0.25, 0.3) is 0 Å². The number of hydrogen-bond donors (Lipinski definition) is 3. The van der Waals surface area contributed by atoms with Crippen LogP contribution in [0.25, 0.3) is 0 Å². The Hall–Kier alpha value is -2.28. The van der Waals surface area contributed by atoms with Gasteiger partial charge in [-0.2, -0.15) is 0 Å². The third-order valence-electron chi connectivity index (χ3n) is 3.81. The second-order valence-corrected chi connectivity index (χ2v) is 7.55. The maximum Gasteiger partial charge on any atom is 0.407 e. The highest BCUT2D eigenvalue weighted by Crippen LogP contribution is 2.16. The average molecular weight is 378 g/mol. The van der Waals surface area contributed by atoms with E-state index in [4.69, 9.17) is 4.74 Å². The van der Waals surface area contributed by atoms with E-state index in [1.165, 1.54) is 5.56 Å². The second kappa shape index (κ2) is 11.4. The third-order valence-corrected chi connectivity index (χ3v) is 3.81. The first kappa shape index (κ1) is 22.8. The highest BCUT2D eigenvalue weighted by molar-refractivity contribution is 5.79. The Bertz CT molecular complexity index is 582. The van der Waals surface area contributed by atoms with Gasteiger partial charge in [0.05, 0.1) is 6.04 Å². The van der Waals surface area contributed by atoms with Crippen LogP contribution in [0.1, 0.15) is 38.8 Å². The predicted molar refractivity (Wildman–Crippen MR) is 111 cm³/mol. The van der Waals surface area contributed by atoms with Crippen LogP contribution in [0, 0.1) is 0 Å². The zero-order valence-electron chi connectivity index (χ0n) is 17.5. The molecule has 0 aromatic heterocycles. The molecule has 0 heterocycles. The van der Waals surface area contributed by atoms with Gasteiger partial charge in [-0.15, -0.1) is 0 Å². The Morgan fingerprint density at radius 2 is 1.74 bits per heavy atom. The lowest BCUT2D eigenvalue weighted by molar-refractivity contribution is 0.0527. The van der Waals surface area contributed by atoms with Crippen LogP contribution in [-0.4, -0.2) is 63.3 Å². The fourth-order valence-corrected chi connectivity index (χ4v) is 2.49. The Kier molecular flexibility index (Phi) is 9.64. The lowest BCUT2D eigenvalue weighted by Gasteiger charge is -2.26. The highest BCUT2D eigenvalue weighted by Gasteiger charge is 2.16. The van der Waals surface area contributed by atoms with Crippen LogP contribution < -0.4 is 16.0 Å². The van der Waals surface area contributed by atoms with Crippen molar-refractivity contribution in [2.45, 2.75) is 38.8 Å². The summed E-state index contributed by atoms with van der Waals surface area (Å²) in [5.41, 5.74) is 0.780. The zero-order chi connectivity index (χ0) is 20.3. The highest BCUT2D eigenvalue weighted by atomic mass is 16.6. The van der Waals surface area contributed by atoms with E-state index in [1.807, 2.05) is 26.8 Å². The minimum Gasteiger partial charge on any atom is -0.444 e. The van der Waals surface area contributed by atoms with E-state index < -0.39 is 5.60 Å². The van der Waals surface area contributed by atoms with Crippen molar-refractivity contribution >= 4 is 12.1 Å². The molecule has 1 aromatic rings. The fourth-order valence-electron chi connectivity index (χ4n) is 2.49. The monoisotopic (exact) mass is 377 g/mol. The van der Waals surface area contributed by atoms with Crippen LogP contribution in [0.5, 0.6) is 0 Å². The smallest absolute Gasteiger partial charge is 0.407 e. The molecule has 0 saturated heterocycles. The van der Waals surface area contributed by atoms with Crippen molar-refractivity contribution in [3.8, 4) is 0 Å².